The van der Waals surface area contributed by atoms with Gasteiger partial charge in [0.2, 0.25) is 0 Å². The molecule has 138 valence electrons. The van der Waals surface area contributed by atoms with Gasteiger partial charge >= 0.3 is 5.69 Å². The van der Waals surface area contributed by atoms with Crippen LogP contribution in [0.3, 0.4) is 0 Å². The van der Waals surface area contributed by atoms with Gasteiger partial charge in [0.15, 0.2) is 0 Å². The number of aromatic nitrogens is 2. The van der Waals surface area contributed by atoms with Gasteiger partial charge in [-0.25, -0.2) is 17.8 Å². The standard InChI is InChI=1S/C17H13N3O6S/c1-12-2-8-15(9-3-12)27(25,26)19-11-10-18(17(19)22)16(21)13-4-6-14(7-5-13)20(23)24/h2-11H,1H3. The maximum Gasteiger partial charge on any atom is 0.349 e. The van der Waals surface area contributed by atoms with Crippen LogP contribution in [0.4, 0.5) is 5.69 Å². The number of carbonyl (C=O) groups excluding carboxylic acids is 1. The summed E-state index contributed by atoms with van der Waals surface area (Å²) in [6, 6.07) is 10.6. The van der Waals surface area contributed by atoms with Gasteiger partial charge in [-0.2, -0.15) is 3.97 Å². The summed E-state index contributed by atoms with van der Waals surface area (Å²) in [6.45, 7) is 1.79. The van der Waals surface area contributed by atoms with Gasteiger partial charge in [0.1, 0.15) is 0 Å². The second kappa shape index (κ2) is 6.65. The predicted octanol–water partition coefficient (Wildman–Crippen LogP) is 1.79. The van der Waals surface area contributed by atoms with E-state index in [1.165, 1.54) is 24.3 Å². The van der Waals surface area contributed by atoms with Crippen molar-refractivity contribution in [3.63, 3.8) is 0 Å². The Bertz CT molecular complexity index is 1190. The van der Waals surface area contributed by atoms with E-state index in [1.807, 2.05) is 0 Å². The van der Waals surface area contributed by atoms with Crippen LogP contribution in [-0.4, -0.2) is 27.8 Å². The van der Waals surface area contributed by atoms with Crippen LogP contribution in [0.2, 0.25) is 0 Å². The van der Waals surface area contributed by atoms with Crippen LogP contribution in [-0.2, 0) is 10.0 Å². The van der Waals surface area contributed by atoms with Crippen LogP contribution >= 0.6 is 0 Å². The van der Waals surface area contributed by atoms with Crippen molar-refractivity contribution < 1.29 is 18.1 Å². The van der Waals surface area contributed by atoms with Gasteiger partial charge in [-0.3, -0.25) is 14.9 Å². The van der Waals surface area contributed by atoms with E-state index in [2.05, 4.69) is 0 Å². The molecule has 0 N–H and O–H groups in total. The highest BCUT2D eigenvalue weighted by Gasteiger charge is 2.23. The lowest BCUT2D eigenvalue weighted by Gasteiger charge is -2.05. The van der Waals surface area contributed by atoms with E-state index in [4.69, 9.17) is 0 Å². The Morgan fingerprint density at radius 1 is 1.00 bits per heavy atom. The highest BCUT2D eigenvalue weighted by atomic mass is 32.2. The summed E-state index contributed by atoms with van der Waals surface area (Å²) in [7, 11) is -4.16. The van der Waals surface area contributed by atoms with E-state index in [0.717, 1.165) is 30.1 Å². The Morgan fingerprint density at radius 2 is 1.59 bits per heavy atom. The number of rotatable bonds is 4. The molecule has 1 heterocycles. The van der Waals surface area contributed by atoms with Gasteiger partial charge in [-0.1, -0.05) is 17.7 Å². The lowest BCUT2D eigenvalue weighted by molar-refractivity contribution is -0.384. The Balaban J connectivity index is 2.00. The van der Waals surface area contributed by atoms with Crippen molar-refractivity contribution >= 4 is 21.6 Å². The number of carbonyl (C=O) groups is 1. The number of benzene rings is 2. The first-order chi connectivity index (χ1) is 12.7. The summed E-state index contributed by atoms with van der Waals surface area (Å²) in [5, 5.41) is 10.7. The number of imidazole rings is 1. The molecule has 0 amide bonds. The lowest BCUT2D eigenvalue weighted by atomic mass is 10.2. The van der Waals surface area contributed by atoms with Gasteiger partial charge in [-0.15, -0.1) is 0 Å². The summed E-state index contributed by atoms with van der Waals surface area (Å²) in [6.07, 6.45) is 2.03. The number of nitro benzene ring substituents is 1. The third-order valence-corrected chi connectivity index (χ3v) is 5.53. The molecule has 0 atom stereocenters. The molecule has 0 saturated heterocycles. The Hall–Kier alpha value is -3.53. The van der Waals surface area contributed by atoms with Gasteiger partial charge in [0, 0.05) is 30.1 Å². The number of nitro groups is 1. The molecular weight excluding hydrogens is 374 g/mol. The maximum absolute atomic E-state index is 12.6. The zero-order chi connectivity index (χ0) is 19.8. The molecule has 9 nitrogen and oxygen atoms in total. The summed E-state index contributed by atoms with van der Waals surface area (Å²) >= 11 is 0. The largest absolute Gasteiger partial charge is 0.349 e. The first-order valence-electron chi connectivity index (χ1n) is 7.63. The molecule has 0 aliphatic rings. The monoisotopic (exact) mass is 387 g/mol. The number of aryl methyl sites for hydroxylation is 1. The summed E-state index contributed by atoms with van der Waals surface area (Å²) in [5.74, 6) is -0.798. The van der Waals surface area contributed by atoms with Crippen molar-refractivity contribution in [3.8, 4) is 0 Å². The molecule has 3 aromatic rings. The normalized spacial score (nSPS) is 11.3. The Morgan fingerprint density at radius 3 is 2.15 bits per heavy atom. The molecule has 0 aliphatic carbocycles. The van der Waals surface area contributed by atoms with E-state index in [1.54, 1.807) is 19.1 Å². The quantitative estimate of drug-likeness (QED) is 0.497. The van der Waals surface area contributed by atoms with Gasteiger partial charge in [-0.05, 0) is 31.2 Å². The smallest absolute Gasteiger partial charge is 0.268 e. The van der Waals surface area contributed by atoms with Crippen LogP contribution in [0.1, 0.15) is 15.9 Å². The maximum atomic E-state index is 12.6. The molecule has 27 heavy (non-hydrogen) atoms. The summed E-state index contributed by atoms with van der Waals surface area (Å²) < 4.78 is 26.3. The van der Waals surface area contributed by atoms with E-state index < -0.39 is 26.5 Å². The third kappa shape index (κ3) is 3.29. The minimum atomic E-state index is -4.16. The second-order valence-corrected chi connectivity index (χ2v) is 7.49. The van der Waals surface area contributed by atoms with E-state index in [9.17, 15) is 28.1 Å². The average molecular weight is 387 g/mol. The number of hydrogen-bond acceptors (Lipinski definition) is 6. The van der Waals surface area contributed by atoms with Gasteiger partial charge in [0.05, 0.1) is 9.82 Å². The number of hydrogen-bond donors (Lipinski definition) is 0. The van der Waals surface area contributed by atoms with E-state index >= 15 is 0 Å². The van der Waals surface area contributed by atoms with Gasteiger partial charge in [0.25, 0.3) is 21.6 Å². The molecule has 0 radical (unpaired) electrons. The van der Waals surface area contributed by atoms with E-state index in [0.29, 0.717) is 8.54 Å². The zero-order valence-corrected chi connectivity index (χ0v) is 14.8. The predicted molar refractivity (Wildman–Crippen MR) is 95.3 cm³/mol. The van der Waals surface area contributed by atoms with E-state index in [-0.39, 0.29) is 16.1 Å². The fourth-order valence-corrected chi connectivity index (χ4v) is 3.60. The SMILES string of the molecule is Cc1ccc(S(=O)(=O)n2ccn(C(=O)c3ccc([N+](=O)[O-])cc3)c2=O)cc1. The molecule has 0 spiro atoms. The Labute approximate surface area is 153 Å². The third-order valence-electron chi connectivity index (χ3n) is 3.87. The van der Waals surface area contributed by atoms with Crippen molar-refractivity contribution in [2.45, 2.75) is 11.8 Å². The molecule has 3 rings (SSSR count). The summed E-state index contributed by atoms with van der Waals surface area (Å²) in [5.41, 5.74) is -0.405. The molecule has 0 aliphatic heterocycles. The molecule has 0 fully saturated rings. The lowest BCUT2D eigenvalue weighted by Crippen LogP contribution is -2.32. The van der Waals surface area contributed by atoms with Crippen LogP contribution < -0.4 is 5.69 Å². The average Bonchev–Trinajstić information content (AvgIpc) is 3.03. The molecule has 10 heteroatoms. The first-order valence-corrected chi connectivity index (χ1v) is 9.07. The fourth-order valence-electron chi connectivity index (χ4n) is 2.39. The first kappa shape index (κ1) is 18.3. The van der Waals surface area contributed by atoms with Crippen molar-refractivity contribution in [1.29, 1.82) is 0 Å². The van der Waals surface area contributed by atoms with Crippen molar-refractivity contribution in [2.75, 3.05) is 0 Å². The zero-order valence-electron chi connectivity index (χ0n) is 14.0. The highest BCUT2D eigenvalue weighted by Crippen LogP contribution is 2.15. The number of non-ortho nitro benzene ring substituents is 1. The second-order valence-electron chi connectivity index (χ2n) is 5.67. The number of nitrogens with zero attached hydrogens (tertiary/aromatic N) is 3. The molecule has 0 saturated carbocycles. The van der Waals surface area contributed by atoms with Crippen molar-refractivity contribution in [1.82, 2.24) is 8.54 Å². The van der Waals surface area contributed by atoms with Gasteiger partial charge < -0.3 is 0 Å². The Kier molecular flexibility index (Phi) is 4.50. The van der Waals surface area contributed by atoms with Crippen molar-refractivity contribution in [2.24, 2.45) is 0 Å². The molecular formula is C17H13N3O6S. The van der Waals surface area contributed by atoms with Crippen LogP contribution in [0.5, 0.6) is 0 Å². The van der Waals surface area contributed by atoms with Crippen LogP contribution in [0.15, 0.2) is 70.6 Å². The molecule has 1 aromatic heterocycles. The molecule has 0 bridgehead atoms. The summed E-state index contributed by atoms with van der Waals surface area (Å²) in [4.78, 5) is 34.9. The van der Waals surface area contributed by atoms with Crippen molar-refractivity contribution in [3.05, 3.63) is 92.7 Å². The fraction of sp³-hybridized carbons (Fsp3) is 0.0588. The molecule has 0 unspecified atom stereocenters. The minimum Gasteiger partial charge on any atom is -0.268 e. The highest BCUT2D eigenvalue weighted by molar-refractivity contribution is 7.90. The minimum absolute atomic E-state index is 0.00758. The van der Waals surface area contributed by atoms with Crippen LogP contribution in [0.25, 0.3) is 0 Å². The topological polar surface area (TPSA) is 121 Å². The molecule has 2 aromatic carbocycles. The van der Waals surface area contributed by atoms with Crippen LogP contribution in [0, 0.1) is 17.0 Å².